The molecular weight excluding hydrogens is 251 g/mol. The monoisotopic (exact) mass is 264 g/mol. The Labute approximate surface area is 94.8 Å². The van der Waals surface area contributed by atoms with Crippen molar-refractivity contribution in [1.29, 1.82) is 0 Å². The number of rotatable bonds is 6. The average molecular weight is 264 g/mol. The first-order chi connectivity index (χ1) is 7.16. The summed E-state index contributed by atoms with van der Waals surface area (Å²) >= 11 is 0.741. The molecule has 3 atom stereocenters. The molecule has 0 heterocycles. The summed E-state index contributed by atoms with van der Waals surface area (Å²) in [5, 5.41) is -0.291. The predicted octanol–water partition coefficient (Wildman–Crippen LogP) is 3.33. The van der Waals surface area contributed by atoms with E-state index in [1.54, 1.807) is 0 Å². The predicted molar refractivity (Wildman–Crippen MR) is 53.1 cm³/mol. The van der Waals surface area contributed by atoms with Crippen LogP contribution in [-0.4, -0.2) is 35.3 Å². The van der Waals surface area contributed by atoms with E-state index in [0.717, 1.165) is 11.8 Å². The second-order valence-corrected chi connectivity index (χ2v) is 4.72. The maximum atomic E-state index is 13.0. The van der Waals surface area contributed by atoms with Crippen LogP contribution < -0.4 is 0 Å². The standard InChI is InChI=1S/C9H13F5OS/c1-5(15)16-4-3-6(10)7(11)8(12)9(2,13)14/h6-8H,3-4H2,1-2H3. The third kappa shape index (κ3) is 5.67. The van der Waals surface area contributed by atoms with Gasteiger partial charge in [-0.25, -0.2) is 22.0 Å². The van der Waals surface area contributed by atoms with E-state index in [2.05, 4.69) is 0 Å². The third-order valence-electron chi connectivity index (χ3n) is 1.81. The van der Waals surface area contributed by atoms with Crippen molar-refractivity contribution >= 4 is 16.9 Å². The van der Waals surface area contributed by atoms with Crippen molar-refractivity contribution in [3.63, 3.8) is 0 Å². The fourth-order valence-electron chi connectivity index (χ4n) is 0.937. The van der Waals surface area contributed by atoms with E-state index in [1.807, 2.05) is 0 Å². The van der Waals surface area contributed by atoms with Crippen LogP contribution in [0.15, 0.2) is 0 Å². The van der Waals surface area contributed by atoms with Crippen LogP contribution >= 0.6 is 11.8 Å². The Bertz CT molecular complexity index is 230. The largest absolute Gasteiger partial charge is 0.288 e. The van der Waals surface area contributed by atoms with Crippen molar-refractivity contribution in [2.45, 2.75) is 44.7 Å². The third-order valence-corrected chi connectivity index (χ3v) is 2.65. The molecule has 0 amide bonds. The number of hydrogen-bond acceptors (Lipinski definition) is 2. The van der Waals surface area contributed by atoms with Crippen LogP contribution in [0.1, 0.15) is 20.3 Å². The van der Waals surface area contributed by atoms with Crippen molar-refractivity contribution in [1.82, 2.24) is 0 Å². The zero-order valence-electron chi connectivity index (χ0n) is 8.85. The van der Waals surface area contributed by atoms with Gasteiger partial charge in [-0.2, -0.15) is 0 Å². The van der Waals surface area contributed by atoms with Gasteiger partial charge in [0.25, 0.3) is 5.92 Å². The minimum absolute atomic E-state index is 0.0566. The summed E-state index contributed by atoms with van der Waals surface area (Å²) in [7, 11) is 0. The summed E-state index contributed by atoms with van der Waals surface area (Å²) in [5.74, 6) is -3.96. The van der Waals surface area contributed by atoms with Gasteiger partial charge in [0.2, 0.25) is 0 Å². The molecule has 0 aromatic carbocycles. The molecule has 0 radical (unpaired) electrons. The molecule has 0 saturated heterocycles. The quantitative estimate of drug-likeness (QED) is 0.684. The molecule has 0 fully saturated rings. The van der Waals surface area contributed by atoms with Crippen molar-refractivity contribution < 1.29 is 26.7 Å². The van der Waals surface area contributed by atoms with Gasteiger partial charge in [0, 0.05) is 19.6 Å². The fraction of sp³-hybridized carbons (Fsp3) is 0.889. The fourth-order valence-corrected chi connectivity index (χ4v) is 1.57. The molecule has 0 saturated carbocycles. The number of hydrogen-bond donors (Lipinski definition) is 0. The Hall–Kier alpha value is -0.330. The Morgan fingerprint density at radius 2 is 1.81 bits per heavy atom. The molecule has 0 aromatic heterocycles. The highest BCUT2D eigenvalue weighted by Crippen LogP contribution is 2.28. The maximum absolute atomic E-state index is 13.0. The van der Waals surface area contributed by atoms with Gasteiger partial charge in [-0.1, -0.05) is 11.8 Å². The molecule has 0 aromatic rings. The summed E-state index contributed by atoms with van der Waals surface area (Å²) < 4.78 is 63.2. The number of carbonyl (C=O) groups is 1. The van der Waals surface area contributed by atoms with E-state index in [-0.39, 0.29) is 17.8 Å². The molecule has 0 bridgehead atoms. The molecule has 96 valence electrons. The smallest absolute Gasteiger partial charge is 0.278 e. The van der Waals surface area contributed by atoms with Crippen LogP contribution in [0.3, 0.4) is 0 Å². The first-order valence-electron chi connectivity index (χ1n) is 4.59. The van der Waals surface area contributed by atoms with Crippen LogP contribution in [0.5, 0.6) is 0 Å². The van der Waals surface area contributed by atoms with Gasteiger partial charge in [0.15, 0.2) is 17.5 Å². The van der Waals surface area contributed by atoms with Gasteiger partial charge in [0.1, 0.15) is 6.17 Å². The lowest BCUT2D eigenvalue weighted by molar-refractivity contribution is -0.109. The highest BCUT2D eigenvalue weighted by molar-refractivity contribution is 8.13. The Morgan fingerprint density at radius 1 is 1.31 bits per heavy atom. The Kier molecular flexibility index (Phi) is 6.28. The molecule has 0 N–H and O–H groups in total. The average Bonchev–Trinajstić information content (AvgIpc) is 2.13. The second-order valence-electron chi connectivity index (χ2n) is 3.45. The molecule has 0 spiro atoms. The van der Waals surface area contributed by atoms with Crippen LogP contribution in [0.4, 0.5) is 22.0 Å². The number of carbonyl (C=O) groups excluding carboxylic acids is 1. The molecule has 7 heteroatoms. The first-order valence-corrected chi connectivity index (χ1v) is 5.58. The van der Waals surface area contributed by atoms with E-state index < -0.39 is 30.9 Å². The van der Waals surface area contributed by atoms with Gasteiger partial charge < -0.3 is 0 Å². The summed E-state index contributed by atoms with van der Waals surface area (Å²) in [5.41, 5.74) is 0. The second kappa shape index (κ2) is 6.42. The molecule has 1 nitrogen and oxygen atoms in total. The zero-order valence-corrected chi connectivity index (χ0v) is 9.67. The summed E-state index contributed by atoms with van der Waals surface area (Å²) in [4.78, 5) is 10.4. The van der Waals surface area contributed by atoms with Crippen LogP contribution in [0.25, 0.3) is 0 Å². The maximum Gasteiger partial charge on any atom is 0.278 e. The minimum atomic E-state index is -3.91. The van der Waals surface area contributed by atoms with Crippen LogP contribution in [0, 0.1) is 0 Å². The van der Waals surface area contributed by atoms with Crippen molar-refractivity contribution in [3.05, 3.63) is 0 Å². The molecule has 16 heavy (non-hydrogen) atoms. The minimum Gasteiger partial charge on any atom is -0.288 e. The summed E-state index contributed by atoms with van der Waals surface area (Å²) in [6.45, 7) is 1.43. The summed E-state index contributed by atoms with van der Waals surface area (Å²) in [6, 6.07) is 0. The molecule has 0 aliphatic heterocycles. The number of halogens is 5. The van der Waals surface area contributed by atoms with Crippen molar-refractivity contribution in [2.24, 2.45) is 0 Å². The van der Waals surface area contributed by atoms with Gasteiger partial charge in [-0.15, -0.1) is 0 Å². The van der Waals surface area contributed by atoms with Gasteiger partial charge in [-0.3, -0.25) is 4.79 Å². The number of thioether (sulfide) groups is 1. The summed E-state index contributed by atoms with van der Waals surface area (Å²) in [6.07, 6.45) is -8.83. The Morgan fingerprint density at radius 3 is 2.19 bits per heavy atom. The highest BCUT2D eigenvalue weighted by Gasteiger charge is 2.44. The van der Waals surface area contributed by atoms with E-state index >= 15 is 0 Å². The molecule has 0 aliphatic carbocycles. The molecule has 0 rings (SSSR count). The van der Waals surface area contributed by atoms with E-state index in [1.165, 1.54) is 6.92 Å². The lowest BCUT2D eigenvalue weighted by Gasteiger charge is -2.21. The highest BCUT2D eigenvalue weighted by atomic mass is 32.2. The first kappa shape index (κ1) is 15.7. The van der Waals surface area contributed by atoms with E-state index in [0.29, 0.717) is 0 Å². The van der Waals surface area contributed by atoms with Crippen molar-refractivity contribution in [3.8, 4) is 0 Å². The lowest BCUT2D eigenvalue weighted by atomic mass is 10.1. The van der Waals surface area contributed by atoms with Gasteiger partial charge in [-0.05, 0) is 6.42 Å². The SMILES string of the molecule is CC(=O)SCCC(F)C(F)C(F)C(C)(F)F. The van der Waals surface area contributed by atoms with Gasteiger partial charge >= 0.3 is 0 Å². The van der Waals surface area contributed by atoms with Crippen LogP contribution in [0.2, 0.25) is 0 Å². The van der Waals surface area contributed by atoms with E-state index in [9.17, 15) is 26.7 Å². The molecule has 0 aliphatic rings. The van der Waals surface area contributed by atoms with E-state index in [4.69, 9.17) is 0 Å². The normalized spacial score (nSPS) is 17.9. The topological polar surface area (TPSA) is 17.1 Å². The zero-order chi connectivity index (χ0) is 12.9. The van der Waals surface area contributed by atoms with Crippen molar-refractivity contribution in [2.75, 3.05) is 5.75 Å². The van der Waals surface area contributed by atoms with Gasteiger partial charge in [0.05, 0.1) is 0 Å². The molecule has 3 unspecified atom stereocenters. The van der Waals surface area contributed by atoms with Crippen LogP contribution in [-0.2, 0) is 4.79 Å². The molecular formula is C9H13F5OS. The Balaban J connectivity index is 4.08. The lowest BCUT2D eigenvalue weighted by Crippen LogP contribution is -2.40. The number of alkyl halides is 5.